The maximum absolute atomic E-state index is 12.1. The summed E-state index contributed by atoms with van der Waals surface area (Å²) in [6, 6.07) is 4.24. The van der Waals surface area contributed by atoms with E-state index in [1.807, 2.05) is 0 Å². The Morgan fingerprint density at radius 2 is 2.25 bits per heavy atom. The van der Waals surface area contributed by atoms with Crippen molar-refractivity contribution in [1.82, 2.24) is 0 Å². The Balaban J connectivity index is 2.34. The Hall–Kier alpha value is -2.82. The Labute approximate surface area is 114 Å². The smallest absolute Gasteiger partial charge is 0.331 e. The van der Waals surface area contributed by atoms with Gasteiger partial charge in [0.25, 0.3) is 0 Å². The summed E-state index contributed by atoms with van der Waals surface area (Å²) in [6.45, 7) is 3.52. The predicted octanol–water partition coefficient (Wildman–Crippen LogP) is 2.24. The van der Waals surface area contributed by atoms with Crippen LogP contribution in [0, 0.1) is 0 Å². The molecule has 102 valence electrons. The van der Waals surface area contributed by atoms with Crippen LogP contribution in [0.3, 0.4) is 0 Å². The Morgan fingerprint density at radius 3 is 3.00 bits per heavy atom. The van der Waals surface area contributed by atoms with Gasteiger partial charge in [-0.05, 0) is 24.3 Å². The fourth-order valence-electron chi connectivity index (χ4n) is 1.60. The maximum atomic E-state index is 12.1. The molecule has 0 aliphatic rings. The van der Waals surface area contributed by atoms with Gasteiger partial charge in [-0.2, -0.15) is 0 Å². The van der Waals surface area contributed by atoms with E-state index in [4.69, 9.17) is 9.15 Å². The average Bonchev–Trinajstić information content (AvgIpc) is 2.45. The molecule has 0 aliphatic carbocycles. The molecule has 1 aromatic heterocycles. The number of phenolic OH excluding ortho intramolecular Hbond substituents is 1. The number of fused-ring (bicyclic) bond motifs is 1. The van der Waals surface area contributed by atoms with Crippen LogP contribution < -0.4 is 5.43 Å². The summed E-state index contributed by atoms with van der Waals surface area (Å²) in [5.74, 6) is -0.614. The molecule has 20 heavy (non-hydrogen) atoms. The summed E-state index contributed by atoms with van der Waals surface area (Å²) >= 11 is 0. The van der Waals surface area contributed by atoms with Gasteiger partial charge in [-0.15, -0.1) is 0 Å². The first-order valence-corrected chi connectivity index (χ1v) is 5.82. The van der Waals surface area contributed by atoms with Gasteiger partial charge < -0.3 is 14.3 Å². The van der Waals surface area contributed by atoms with E-state index >= 15 is 0 Å². The van der Waals surface area contributed by atoms with Crippen molar-refractivity contribution < 1.29 is 19.1 Å². The Bertz CT molecular complexity index is 740. The summed E-state index contributed by atoms with van der Waals surface area (Å²) in [5, 5.41) is 9.62. The molecule has 0 unspecified atom stereocenters. The van der Waals surface area contributed by atoms with E-state index in [0.717, 1.165) is 6.08 Å². The van der Waals surface area contributed by atoms with Gasteiger partial charge in [0, 0.05) is 6.08 Å². The van der Waals surface area contributed by atoms with E-state index in [1.165, 1.54) is 36.6 Å². The summed E-state index contributed by atoms with van der Waals surface area (Å²) in [4.78, 5) is 23.4. The second-order valence-corrected chi connectivity index (χ2v) is 3.95. The SMILES string of the molecule is C=CCOC(=O)/C=C/c1coc2ccc(O)cc2c1=O. The molecular weight excluding hydrogens is 260 g/mol. The van der Waals surface area contributed by atoms with Gasteiger partial charge in [0.05, 0.1) is 10.9 Å². The summed E-state index contributed by atoms with van der Waals surface area (Å²) in [6.07, 6.45) is 5.13. The van der Waals surface area contributed by atoms with Crippen molar-refractivity contribution in [3.05, 3.63) is 59.0 Å². The van der Waals surface area contributed by atoms with Gasteiger partial charge in [-0.1, -0.05) is 12.7 Å². The van der Waals surface area contributed by atoms with Crippen LogP contribution in [-0.4, -0.2) is 17.7 Å². The number of rotatable bonds is 4. The molecule has 0 saturated heterocycles. The number of aromatic hydroxyl groups is 1. The first-order chi connectivity index (χ1) is 9.61. The number of carbonyl (C=O) groups is 1. The van der Waals surface area contributed by atoms with E-state index in [0.29, 0.717) is 5.58 Å². The third-order valence-corrected chi connectivity index (χ3v) is 2.53. The van der Waals surface area contributed by atoms with E-state index in [1.54, 1.807) is 0 Å². The van der Waals surface area contributed by atoms with Crippen molar-refractivity contribution >= 4 is 23.0 Å². The van der Waals surface area contributed by atoms with Crippen molar-refractivity contribution in [3.63, 3.8) is 0 Å². The maximum Gasteiger partial charge on any atom is 0.331 e. The highest BCUT2D eigenvalue weighted by Crippen LogP contribution is 2.17. The van der Waals surface area contributed by atoms with Crippen LogP contribution in [0.15, 0.2) is 52.4 Å². The molecule has 0 radical (unpaired) electrons. The number of phenols is 1. The first-order valence-electron chi connectivity index (χ1n) is 5.82. The lowest BCUT2D eigenvalue weighted by atomic mass is 10.1. The molecule has 0 fully saturated rings. The summed E-state index contributed by atoms with van der Waals surface area (Å²) in [7, 11) is 0. The van der Waals surface area contributed by atoms with Gasteiger partial charge in [0.1, 0.15) is 24.2 Å². The lowest BCUT2D eigenvalue weighted by molar-refractivity contribution is -0.136. The third kappa shape index (κ3) is 2.95. The second kappa shape index (κ2) is 5.88. The minimum absolute atomic E-state index is 0.0312. The molecule has 1 N–H and O–H groups in total. The first kappa shape index (κ1) is 13.6. The van der Waals surface area contributed by atoms with Gasteiger partial charge in [-0.3, -0.25) is 4.79 Å². The fraction of sp³-hybridized carbons (Fsp3) is 0.0667. The quantitative estimate of drug-likeness (QED) is 0.524. The molecule has 5 nitrogen and oxygen atoms in total. The van der Waals surface area contributed by atoms with Crippen LogP contribution in [-0.2, 0) is 9.53 Å². The van der Waals surface area contributed by atoms with Crippen LogP contribution in [0.5, 0.6) is 5.75 Å². The van der Waals surface area contributed by atoms with Crippen molar-refractivity contribution in [2.75, 3.05) is 6.61 Å². The predicted molar refractivity (Wildman–Crippen MR) is 74.3 cm³/mol. The third-order valence-electron chi connectivity index (χ3n) is 2.53. The number of hydrogen-bond acceptors (Lipinski definition) is 5. The molecule has 0 saturated carbocycles. The Kier molecular flexibility index (Phi) is 4.00. The molecular formula is C15H12O5. The zero-order valence-electron chi connectivity index (χ0n) is 10.5. The molecule has 0 atom stereocenters. The van der Waals surface area contributed by atoms with Crippen LogP contribution in [0.4, 0.5) is 0 Å². The number of carbonyl (C=O) groups excluding carboxylic acids is 1. The lowest BCUT2D eigenvalue weighted by Gasteiger charge is -1.99. The normalized spacial score (nSPS) is 10.8. The molecule has 0 aliphatic heterocycles. The molecule has 1 heterocycles. The van der Waals surface area contributed by atoms with Gasteiger partial charge >= 0.3 is 5.97 Å². The van der Waals surface area contributed by atoms with E-state index in [2.05, 4.69) is 6.58 Å². The van der Waals surface area contributed by atoms with Crippen molar-refractivity contribution in [2.24, 2.45) is 0 Å². The highest BCUT2D eigenvalue weighted by atomic mass is 16.5. The number of esters is 1. The second-order valence-electron chi connectivity index (χ2n) is 3.95. The fourth-order valence-corrected chi connectivity index (χ4v) is 1.60. The standard InChI is InChI=1S/C15H12O5/c1-2-7-19-14(17)6-3-10-9-20-13-5-4-11(16)8-12(13)15(10)18/h2-6,8-9,16H,1,7H2/b6-3+. The molecule has 0 amide bonds. The largest absolute Gasteiger partial charge is 0.508 e. The number of benzene rings is 1. The van der Waals surface area contributed by atoms with Crippen LogP contribution >= 0.6 is 0 Å². The van der Waals surface area contributed by atoms with Crippen molar-refractivity contribution in [2.45, 2.75) is 0 Å². The van der Waals surface area contributed by atoms with Gasteiger partial charge in [0.15, 0.2) is 5.43 Å². The van der Waals surface area contributed by atoms with E-state index in [9.17, 15) is 14.7 Å². The van der Waals surface area contributed by atoms with Crippen molar-refractivity contribution in [1.29, 1.82) is 0 Å². The zero-order valence-corrected chi connectivity index (χ0v) is 10.5. The highest BCUT2D eigenvalue weighted by molar-refractivity contribution is 5.88. The Morgan fingerprint density at radius 1 is 1.45 bits per heavy atom. The van der Waals surface area contributed by atoms with Gasteiger partial charge in [0.2, 0.25) is 0 Å². The van der Waals surface area contributed by atoms with E-state index in [-0.39, 0.29) is 28.7 Å². The molecule has 5 heteroatoms. The molecule has 0 bridgehead atoms. The zero-order chi connectivity index (χ0) is 14.5. The minimum atomic E-state index is -0.583. The van der Waals surface area contributed by atoms with Crippen LogP contribution in [0.25, 0.3) is 17.0 Å². The summed E-state index contributed by atoms with van der Waals surface area (Å²) in [5.41, 5.74) is 0.216. The van der Waals surface area contributed by atoms with Crippen LogP contribution in [0.1, 0.15) is 5.56 Å². The van der Waals surface area contributed by atoms with Crippen molar-refractivity contribution in [3.8, 4) is 5.75 Å². The molecule has 2 rings (SSSR count). The number of hydrogen-bond donors (Lipinski definition) is 1. The van der Waals surface area contributed by atoms with E-state index < -0.39 is 5.97 Å². The molecule has 2 aromatic rings. The molecule has 0 spiro atoms. The summed E-state index contributed by atoms with van der Waals surface area (Å²) < 4.78 is 10.0. The topological polar surface area (TPSA) is 76.7 Å². The molecule has 1 aromatic carbocycles. The monoisotopic (exact) mass is 272 g/mol. The highest BCUT2D eigenvalue weighted by Gasteiger charge is 2.06. The number of ether oxygens (including phenoxy) is 1. The van der Waals surface area contributed by atoms with Gasteiger partial charge in [-0.25, -0.2) is 4.79 Å². The average molecular weight is 272 g/mol. The minimum Gasteiger partial charge on any atom is -0.508 e. The van der Waals surface area contributed by atoms with Crippen LogP contribution in [0.2, 0.25) is 0 Å². The lowest BCUT2D eigenvalue weighted by Crippen LogP contribution is -2.05.